The Morgan fingerprint density at radius 2 is 1.92 bits per heavy atom. The summed E-state index contributed by atoms with van der Waals surface area (Å²) in [5, 5.41) is 4.29. The molecule has 0 saturated carbocycles. The van der Waals surface area contributed by atoms with Gasteiger partial charge >= 0.3 is 0 Å². The maximum absolute atomic E-state index is 6.80. The normalized spacial score (nSPS) is 16.5. The number of allylic oxidation sites excluding steroid dienone is 2. The SMILES string of the molecule is CSC.Cc1cccc(-c2cnc3c(c2Cl)C2(CC=CC2)CN3)c1. The molecule has 4 heteroatoms. The van der Waals surface area contributed by atoms with E-state index in [4.69, 9.17) is 11.6 Å². The fourth-order valence-corrected chi connectivity index (χ4v) is 3.96. The molecular formula is C20H23ClN2S. The smallest absolute Gasteiger partial charge is 0.131 e. The van der Waals surface area contributed by atoms with Crippen LogP contribution < -0.4 is 5.32 Å². The van der Waals surface area contributed by atoms with E-state index >= 15 is 0 Å². The summed E-state index contributed by atoms with van der Waals surface area (Å²) in [7, 11) is 0. The molecule has 2 heterocycles. The van der Waals surface area contributed by atoms with Crippen molar-refractivity contribution in [1.82, 2.24) is 4.98 Å². The standard InChI is InChI=1S/C18H17ClN2.C2H6S/c1-12-5-4-6-13(9-12)14-10-20-17-15(16(14)19)18(11-21-17)7-2-3-8-18;1-3-2/h2-6,9-10H,7-8,11H2,1H3,(H,20,21);1-2H3. The maximum Gasteiger partial charge on any atom is 0.131 e. The van der Waals surface area contributed by atoms with Crippen molar-refractivity contribution in [3.63, 3.8) is 0 Å². The molecule has 0 fully saturated rings. The molecule has 1 aromatic heterocycles. The van der Waals surface area contributed by atoms with Gasteiger partial charge in [0, 0.05) is 29.3 Å². The number of anilines is 1. The lowest BCUT2D eigenvalue weighted by Gasteiger charge is -2.24. The van der Waals surface area contributed by atoms with Crippen LogP contribution >= 0.6 is 23.4 Å². The number of nitrogens with zero attached hydrogens (tertiary/aromatic N) is 1. The van der Waals surface area contributed by atoms with E-state index in [9.17, 15) is 0 Å². The van der Waals surface area contributed by atoms with Crippen molar-refractivity contribution in [2.24, 2.45) is 0 Å². The Labute approximate surface area is 153 Å². The van der Waals surface area contributed by atoms with Crippen molar-refractivity contribution in [3.05, 3.63) is 58.8 Å². The zero-order valence-corrected chi connectivity index (χ0v) is 16.0. The Morgan fingerprint density at radius 3 is 2.58 bits per heavy atom. The van der Waals surface area contributed by atoms with Crippen molar-refractivity contribution in [3.8, 4) is 11.1 Å². The van der Waals surface area contributed by atoms with Crippen molar-refractivity contribution in [2.45, 2.75) is 25.2 Å². The molecule has 1 aromatic carbocycles. The van der Waals surface area contributed by atoms with Crippen molar-refractivity contribution < 1.29 is 0 Å². The number of hydrogen-bond donors (Lipinski definition) is 1. The van der Waals surface area contributed by atoms with Crippen LogP contribution in [-0.4, -0.2) is 24.0 Å². The predicted octanol–water partition coefficient (Wildman–Crippen LogP) is 5.70. The number of aromatic nitrogens is 1. The minimum atomic E-state index is 0.110. The lowest BCUT2D eigenvalue weighted by molar-refractivity contribution is 0.509. The van der Waals surface area contributed by atoms with Gasteiger partial charge in [0.25, 0.3) is 0 Å². The summed E-state index contributed by atoms with van der Waals surface area (Å²) in [6, 6.07) is 8.43. The number of hydrogen-bond acceptors (Lipinski definition) is 3. The van der Waals surface area contributed by atoms with Crippen molar-refractivity contribution in [1.29, 1.82) is 0 Å². The number of benzene rings is 1. The highest BCUT2D eigenvalue weighted by molar-refractivity contribution is 7.97. The van der Waals surface area contributed by atoms with Gasteiger partial charge in [0.1, 0.15) is 5.82 Å². The van der Waals surface area contributed by atoms with Crippen LogP contribution in [-0.2, 0) is 5.41 Å². The van der Waals surface area contributed by atoms with Gasteiger partial charge in [-0.3, -0.25) is 0 Å². The first kappa shape index (κ1) is 17.4. The molecule has 2 aromatic rings. The molecule has 0 radical (unpaired) electrons. The lowest BCUT2D eigenvalue weighted by Crippen LogP contribution is -2.25. The quantitative estimate of drug-likeness (QED) is 0.661. The molecule has 2 nitrogen and oxygen atoms in total. The second-order valence-electron chi connectivity index (χ2n) is 6.50. The predicted molar refractivity (Wildman–Crippen MR) is 107 cm³/mol. The van der Waals surface area contributed by atoms with Crippen LogP contribution in [0.4, 0.5) is 5.82 Å². The van der Waals surface area contributed by atoms with E-state index in [-0.39, 0.29) is 5.41 Å². The highest BCUT2D eigenvalue weighted by Crippen LogP contribution is 2.49. The van der Waals surface area contributed by atoms with Gasteiger partial charge in [-0.1, -0.05) is 53.6 Å². The molecule has 0 bridgehead atoms. The van der Waals surface area contributed by atoms with E-state index < -0.39 is 0 Å². The van der Waals surface area contributed by atoms with E-state index in [1.807, 2.05) is 18.7 Å². The summed E-state index contributed by atoms with van der Waals surface area (Å²) in [6.07, 6.45) is 12.6. The third-order valence-electron chi connectivity index (χ3n) is 4.65. The summed E-state index contributed by atoms with van der Waals surface area (Å²) in [6.45, 7) is 3.03. The molecule has 1 aliphatic carbocycles. The molecule has 4 rings (SSSR count). The zero-order chi connectivity index (χ0) is 17.2. The van der Waals surface area contributed by atoms with Gasteiger partial charge in [-0.2, -0.15) is 11.8 Å². The summed E-state index contributed by atoms with van der Waals surface area (Å²) in [4.78, 5) is 4.62. The van der Waals surface area contributed by atoms with Gasteiger partial charge in [-0.05, 0) is 37.8 Å². The van der Waals surface area contributed by atoms with E-state index in [0.29, 0.717) is 0 Å². The largest absolute Gasteiger partial charge is 0.369 e. The summed E-state index contributed by atoms with van der Waals surface area (Å²) in [5.74, 6) is 0.958. The average molecular weight is 359 g/mol. The zero-order valence-electron chi connectivity index (χ0n) is 14.4. The van der Waals surface area contributed by atoms with E-state index in [1.54, 1.807) is 11.8 Å². The second kappa shape index (κ2) is 7.20. The minimum absolute atomic E-state index is 0.110. The topological polar surface area (TPSA) is 24.9 Å². The first-order valence-corrected chi connectivity index (χ1v) is 10.2. The Morgan fingerprint density at radius 1 is 1.21 bits per heavy atom. The van der Waals surface area contributed by atoms with Crippen molar-refractivity contribution in [2.75, 3.05) is 24.4 Å². The highest BCUT2D eigenvalue weighted by Gasteiger charge is 2.42. The lowest BCUT2D eigenvalue weighted by atomic mass is 9.80. The summed E-state index contributed by atoms with van der Waals surface area (Å²) < 4.78 is 0. The van der Waals surface area contributed by atoms with Crippen LogP contribution in [0.15, 0.2) is 42.6 Å². The van der Waals surface area contributed by atoms with Gasteiger partial charge in [0.15, 0.2) is 0 Å². The molecule has 2 aliphatic rings. The van der Waals surface area contributed by atoms with Gasteiger partial charge in [-0.15, -0.1) is 0 Å². The molecule has 0 saturated heterocycles. The molecule has 1 spiro atoms. The Kier molecular flexibility index (Phi) is 5.21. The first-order valence-electron chi connectivity index (χ1n) is 8.16. The average Bonchev–Trinajstić information content (AvgIpc) is 3.17. The maximum atomic E-state index is 6.80. The first-order chi connectivity index (χ1) is 11.6. The third-order valence-corrected chi connectivity index (χ3v) is 5.05. The van der Waals surface area contributed by atoms with E-state index in [1.165, 1.54) is 11.1 Å². The molecule has 1 N–H and O–H groups in total. The molecule has 0 atom stereocenters. The fourth-order valence-electron chi connectivity index (χ4n) is 3.51. The minimum Gasteiger partial charge on any atom is -0.369 e. The van der Waals surface area contributed by atoms with Gasteiger partial charge in [0.05, 0.1) is 5.02 Å². The van der Waals surface area contributed by atoms with E-state index in [2.05, 4.69) is 53.6 Å². The van der Waals surface area contributed by atoms with Crippen LogP contribution in [0.25, 0.3) is 11.1 Å². The van der Waals surface area contributed by atoms with Gasteiger partial charge in [-0.25, -0.2) is 4.98 Å². The van der Waals surface area contributed by atoms with Crippen LogP contribution in [0.3, 0.4) is 0 Å². The number of rotatable bonds is 1. The van der Waals surface area contributed by atoms with Crippen LogP contribution in [0.5, 0.6) is 0 Å². The van der Waals surface area contributed by atoms with Crippen LogP contribution in [0.1, 0.15) is 24.0 Å². The van der Waals surface area contributed by atoms with E-state index in [0.717, 1.165) is 41.4 Å². The molecule has 126 valence electrons. The van der Waals surface area contributed by atoms with Crippen molar-refractivity contribution >= 4 is 29.2 Å². The molecule has 1 aliphatic heterocycles. The highest BCUT2D eigenvalue weighted by atomic mass is 35.5. The molecule has 24 heavy (non-hydrogen) atoms. The van der Waals surface area contributed by atoms with Crippen LogP contribution in [0, 0.1) is 6.92 Å². The third kappa shape index (κ3) is 3.07. The number of halogens is 1. The number of aryl methyl sites for hydroxylation is 1. The monoisotopic (exact) mass is 358 g/mol. The summed E-state index contributed by atoms with van der Waals surface area (Å²) >= 11 is 8.55. The molecule has 0 amide bonds. The molecule has 0 unspecified atom stereocenters. The molecular weight excluding hydrogens is 336 g/mol. The number of pyridine rings is 1. The Balaban J connectivity index is 0.000000526. The second-order valence-corrected chi connectivity index (χ2v) is 7.70. The van der Waals surface area contributed by atoms with Crippen LogP contribution in [0.2, 0.25) is 5.02 Å². The number of thioether (sulfide) groups is 1. The Hall–Kier alpha value is -1.45. The van der Waals surface area contributed by atoms with Gasteiger partial charge < -0.3 is 5.32 Å². The number of fused-ring (bicyclic) bond motifs is 2. The Bertz CT molecular complexity index is 762. The number of nitrogens with one attached hydrogen (secondary N) is 1. The van der Waals surface area contributed by atoms with Gasteiger partial charge in [0.2, 0.25) is 0 Å². The summed E-state index contributed by atoms with van der Waals surface area (Å²) in [5.41, 5.74) is 4.73. The fraction of sp³-hybridized carbons (Fsp3) is 0.350.